The summed E-state index contributed by atoms with van der Waals surface area (Å²) in [5, 5.41) is 17.7. The van der Waals surface area contributed by atoms with E-state index in [-0.39, 0.29) is 54.6 Å². The molecule has 0 radical (unpaired) electrons. The number of benzene rings is 3. The minimum atomic E-state index is -1.30. The molecule has 59 heavy (non-hydrogen) atoms. The first-order valence-electron chi connectivity index (χ1n) is 19.8. The molecule has 0 saturated carbocycles. The van der Waals surface area contributed by atoms with Gasteiger partial charge in [-0.25, -0.2) is 13.8 Å². The second-order valence-electron chi connectivity index (χ2n) is 15.7. The lowest BCUT2D eigenvalue weighted by atomic mass is 10.0. The summed E-state index contributed by atoms with van der Waals surface area (Å²) in [4.78, 5) is 78.7. The number of rotatable bonds is 9. The number of phenolic OH excluding ortho intramolecular Hbond substituents is 1. The predicted octanol–water partition coefficient (Wildman–Crippen LogP) is 4.01. The minimum absolute atomic E-state index is 0.00572. The van der Waals surface area contributed by atoms with E-state index in [9.17, 15) is 33.5 Å². The molecule has 1 aromatic heterocycles. The normalized spacial score (nSPS) is 20.8. The van der Waals surface area contributed by atoms with E-state index in [0.29, 0.717) is 28.8 Å². The van der Waals surface area contributed by atoms with Crippen molar-refractivity contribution in [3.8, 4) is 5.75 Å². The van der Waals surface area contributed by atoms with Crippen LogP contribution < -0.4 is 15.5 Å². The molecule has 3 saturated heterocycles. The van der Waals surface area contributed by atoms with Crippen molar-refractivity contribution in [2.75, 3.05) is 49.5 Å². The van der Waals surface area contributed by atoms with E-state index in [1.165, 1.54) is 39.5 Å². The molecule has 6 heterocycles. The summed E-state index contributed by atoms with van der Waals surface area (Å²) in [6.07, 6.45) is 3.76. The number of piperazine rings is 1. The predicted molar refractivity (Wildman–Crippen MR) is 212 cm³/mol. The molecule has 0 aliphatic carbocycles. The minimum Gasteiger partial charge on any atom is -0.508 e. The van der Waals surface area contributed by atoms with Crippen LogP contribution in [-0.4, -0.2) is 111 Å². The van der Waals surface area contributed by atoms with Gasteiger partial charge < -0.3 is 19.8 Å². The molecule has 2 atom stereocenters. The Morgan fingerprint density at radius 3 is 2.46 bits per heavy atom. The van der Waals surface area contributed by atoms with Crippen LogP contribution in [0, 0.1) is 11.6 Å². The maximum absolute atomic E-state index is 15.3. The van der Waals surface area contributed by atoms with E-state index in [0.717, 1.165) is 81.1 Å². The lowest BCUT2D eigenvalue weighted by Gasteiger charge is -2.43. The molecule has 5 aliphatic heterocycles. The molecule has 17 heteroatoms. The molecule has 4 aromatic rings. The SMILES string of the molecule is O=C1CCC(N2Cc3cc(CN4CCN(C5CCN(c6ccc7c(c6)C(=O)N(C(C(=O)Nc6nccs6)c6cc(F)ccc6O)C7)CC5)CC4)cc(F)c3C2=O)C(=O)N1. The highest BCUT2D eigenvalue weighted by Gasteiger charge is 2.42. The summed E-state index contributed by atoms with van der Waals surface area (Å²) in [5.41, 5.74) is 3.43. The van der Waals surface area contributed by atoms with Crippen molar-refractivity contribution in [2.45, 2.75) is 63.4 Å². The number of halogens is 2. The third-order valence-corrected chi connectivity index (χ3v) is 12.9. The molecule has 3 fully saturated rings. The van der Waals surface area contributed by atoms with Gasteiger partial charge in [-0.1, -0.05) is 12.1 Å². The van der Waals surface area contributed by atoms with E-state index in [1.54, 1.807) is 5.38 Å². The number of piperidine rings is 2. The van der Waals surface area contributed by atoms with Crippen LogP contribution in [-0.2, 0) is 34.0 Å². The Morgan fingerprint density at radius 2 is 1.71 bits per heavy atom. The highest BCUT2D eigenvalue weighted by molar-refractivity contribution is 7.13. The third-order valence-electron chi connectivity index (χ3n) is 12.2. The first-order chi connectivity index (χ1) is 28.5. The standard InChI is InChI=1S/C42H42F2N8O6S/c43-27-2-5-34(53)31(19-27)37(39(56)47-42-45-9-16-59-42)52-22-25-1-3-29(20-30(25)40(52)57)49-10-7-28(8-11-49)50-14-12-48(13-15-50)21-24-17-26-23-51(41(58)36(26)32(44)18-24)33-4-6-35(54)46-38(33)55/h1-3,5,9,16-20,28,33,37,53H,4,6-8,10-15,21-23H2,(H,45,47,56)(H,46,54,55). The van der Waals surface area contributed by atoms with Gasteiger partial charge >= 0.3 is 0 Å². The summed E-state index contributed by atoms with van der Waals surface area (Å²) in [5.74, 6) is -3.93. The number of nitrogens with zero attached hydrogens (tertiary/aromatic N) is 6. The Labute approximate surface area is 342 Å². The summed E-state index contributed by atoms with van der Waals surface area (Å²) < 4.78 is 29.8. The molecule has 2 unspecified atom stereocenters. The highest BCUT2D eigenvalue weighted by atomic mass is 32.1. The van der Waals surface area contributed by atoms with Gasteiger partial charge in [-0.3, -0.25) is 44.4 Å². The first-order valence-corrected chi connectivity index (χ1v) is 20.7. The Bertz CT molecular complexity index is 2350. The molecule has 306 valence electrons. The first kappa shape index (κ1) is 38.7. The lowest BCUT2D eigenvalue weighted by Crippen LogP contribution is -2.53. The second kappa shape index (κ2) is 15.8. The second-order valence-corrected chi connectivity index (χ2v) is 16.6. The van der Waals surface area contributed by atoms with Gasteiger partial charge in [0, 0.05) is 99.8 Å². The zero-order valence-electron chi connectivity index (χ0n) is 32.0. The van der Waals surface area contributed by atoms with Crippen LogP contribution in [0.1, 0.15) is 74.7 Å². The number of amides is 5. The number of nitrogens with one attached hydrogen (secondary N) is 2. The molecule has 5 aliphatic rings. The van der Waals surface area contributed by atoms with Crippen LogP contribution in [0.2, 0.25) is 0 Å². The fourth-order valence-electron chi connectivity index (χ4n) is 9.22. The van der Waals surface area contributed by atoms with Crippen molar-refractivity contribution in [1.82, 2.24) is 29.9 Å². The van der Waals surface area contributed by atoms with Gasteiger partial charge in [0.2, 0.25) is 11.8 Å². The van der Waals surface area contributed by atoms with E-state index < -0.39 is 41.4 Å². The smallest absolute Gasteiger partial charge is 0.258 e. The van der Waals surface area contributed by atoms with Crippen molar-refractivity contribution >= 4 is 51.7 Å². The molecular weight excluding hydrogens is 783 g/mol. The Hall–Kier alpha value is -5.78. The molecule has 14 nitrogen and oxygen atoms in total. The number of phenols is 1. The number of hydrogen-bond acceptors (Lipinski definition) is 11. The summed E-state index contributed by atoms with van der Waals surface area (Å²) in [6.45, 7) is 5.70. The summed E-state index contributed by atoms with van der Waals surface area (Å²) in [7, 11) is 0. The van der Waals surface area contributed by atoms with Gasteiger partial charge in [0.05, 0.1) is 5.56 Å². The van der Waals surface area contributed by atoms with Gasteiger partial charge in [0.15, 0.2) is 5.13 Å². The molecule has 3 aromatic carbocycles. The van der Waals surface area contributed by atoms with Crippen LogP contribution in [0.3, 0.4) is 0 Å². The number of thiazole rings is 1. The number of anilines is 2. The van der Waals surface area contributed by atoms with Crippen molar-refractivity contribution in [2.24, 2.45) is 0 Å². The topological polar surface area (TPSA) is 159 Å². The average molecular weight is 825 g/mol. The Morgan fingerprint density at radius 1 is 0.915 bits per heavy atom. The number of carbonyl (C=O) groups is 5. The molecule has 0 spiro atoms. The van der Waals surface area contributed by atoms with E-state index >= 15 is 4.39 Å². The van der Waals surface area contributed by atoms with Crippen molar-refractivity contribution in [3.05, 3.63) is 105 Å². The zero-order chi connectivity index (χ0) is 40.9. The molecular formula is C42H42F2N8O6S. The summed E-state index contributed by atoms with van der Waals surface area (Å²) >= 11 is 1.21. The number of fused-ring (bicyclic) bond motifs is 2. The monoisotopic (exact) mass is 824 g/mol. The van der Waals surface area contributed by atoms with Crippen LogP contribution in [0.4, 0.5) is 19.6 Å². The number of aromatic nitrogens is 1. The third kappa shape index (κ3) is 7.53. The quantitative estimate of drug-likeness (QED) is 0.211. The van der Waals surface area contributed by atoms with Gasteiger partial charge in [-0.05, 0) is 72.4 Å². The van der Waals surface area contributed by atoms with Gasteiger partial charge in [-0.2, -0.15) is 0 Å². The Balaban J connectivity index is 0.797. The van der Waals surface area contributed by atoms with Crippen LogP contribution in [0.15, 0.2) is 60.1 Å². The Kier molecular flexibility index (Phi) is 10.3. The van der Waals surface area contributed by atoms with Crippen molar-refractivity contribution < 1.29 is 37.9 Å². The fraction of sp³-hybridized carbons (Fsp3) is 0.381. The van der Waals surface area contributed by atoms with Crippen LogP contribution >= 0.6 is 11.3 Å². The van der Waals surface area contributed by atoms with Crippen molar-refractivity contribution in [1.29, 1.82) is 0 Å². The maximum atomic E-state index is 15.3. The van der Waals surface area contributed by atoms with Crippen LogP contribution in [0.5, 0.6) is 5.75 Å². The molecule has 3 N–H and O–H groups in total. The fourth-order valence-corrected chi connectivity index (χ4v) is 9.75. The summed E-state index contributed by atoms with van der Waals surface area (Å²) in [6, 6.07) is 10.7. The van der Waals surface area contributed by atoms with E-state index in [4.69, 9.17) is 0 Å². The van der Waals surface area contributed by atoms with E-state index in [2.05, 4.69) is 30.3 Å². The van der Waals surface area contributed by atoms with Crippen molar-refractivity contribution in [3.63, 3.8) is 0 Å². The number of imide groups is 1. The average Bonchev–Trinajstić information content (AvgIpc) is 3.94. The maximum Gasteiger partial charge on any atom is 0.258 e. The lowest BCUT2D eigenvalue weighted by molar-refractivity contribution is -0.137. The number of carbonyl (C=O) groups excluding carboxylic acids is 5. The van der Waals surface area contributed by atoms with Gasteiger partial charge in [0.1, 0.15) is 29.5 Å². The molecule has 9 rings (SSSR count). The van der Waals surface area contributed by atoms with E-state index in [1.807, 2.05) is 24.3 Å². The number of hydrogen-bond donors (Lipinski definition) is 3. The molecule has 0 bridgehead atoms. The molecule has 5 amide bonds. The van der Waals surface area contributed by atoms with Crippen LogP contribution in [0.25, 0.3) is 0 Å². The number of aromatic hydroxyl groups is 1. The zero-order valence-corrected chi connectivity index (χ0v) is 32.9. The highest BCUT2D eigenvalue weighted by Crippen LogP contribution is 2.38. The van der Waals surface area contributed by atoms with Gasteiger partial charge in [-0.15, -0.1) is 11.3 Å². The van der Waals surface area contributed by atoms with Gasteiger partial charge in [0.25, 0.3) is 17.7 Å². The largest absolute Gasteiger partial charge is 0.508 e.